The van der Waals surface area contributed by atoms with Crippen molar-refractivity contribution in [1.29, 1.82) is 0 Å². The number of aryl methyl sites for hydroxylation is 2. The summed E-state index contributed by atoms with van der Waals surface area (Å²) in [6.07, 6.45) is 3.20. The highest BCUT2D eigenvalue weighted by Crippen LogP contribution is 2.29. The Labute approximate surface area is 118 Å². The first-order valence-corrected chi connectivity index (χ1v) is 7.53. The van der Waals surface area contributed by atoms with Crippen LogP contribution in [-0.2, 0) is 6.42 Å². The third kappa shape index (κ3) is 1.89. The maximum absolute atomic E-state index is 4.69. The van der Waals surface area contributed by atoms with Crippen molar-refractivity contribution in [3.8, 4) is 10.6 Å². The van der Waals surface area contributed by atoms with E-state index in [1.807, 2.05) is 23.5 Å². The topological polar surface area (TPSA) is 17.3 Å². The highest BCUT2D eigenvalue weighted by molar-refractivity contribution is 9.10. The Bertz CT molecular complexity index is 712. The number of hydrogen-bond acceptors (Lipinski definition) is 2. The van der Waals surface area contributed by atoms with Crippen LogP contribution in [0.2, 0.25) is 0 Å². The predicted molar refractivity (Wildman–Crippen MR) is 80.3 cm³/mol. The van der Waals surface area contributed by atoms with Crippen LogP contribution in [0.25, 0.3) is 16.2 Å². The van der Waals surface area contributed by atoms with Crippen LogP contribution in [-0.4, -0.2) is 9.38 Å². The number of thiophene rings is 1. The lowest BCUT2D eigenvalue weighted by atomic mass is 10.3. The molecule has 2 nitrogen and oxygen atoms in total. The molecule has 0 unspecified atom stereocenters. The standard InChI is InChI=1S/C14H13BrN2S/c1-3-10-4-6-13(18-10)12-8-17-9(2)11(15)5-7-14(17)16-12/h4-8H,3H2,1-2H3. The minimum absolute atomic E-state index is 0.997. The fourth-order valence-electron chi connectivity index (χ4n) is 1.99. The number of halogens is 1. The van der Waals surface area contributed by atoms with Crippen LogP contribution >= 0.6 is 27.3 Å². The first kappa shape index (κ1) is 11.9. The van der Waals surface area contributed by atoms with Gasteiger partial charge in [0.15, 0.2) is 0 Å². The molecule has 0 aliphatic rings. The van der Waals surface area contributed by atoms with Gasteiger partial charge >= 0.3 is 0 Å². The molecule has 0 saturated carbocycles. The molecule has 0 N–H and O–H groups in total. The quantitative estimate of drug-likeness (QED) is 0.669. The van der Waals surface area contributed by atoms with E-state index in [0.717, 1.165) is 22.2 Å². The molecule has 3 rings (SSSR count). The average Bonchev–Trinajstić information content (AvgIpc) is 2.99. The van der Waals surface area contributed by atoms with Crippen molar-refractivity contribution in [3.05, 3.63) is 45.5 Å². The Morgan fingerprint density at radius 3 is 2.83 bits per heavy atom. The summed E-state index contributed by atoms with van der Waals surface area (Å²) in [7, 11) is 0. The molecular formula is C14H13BrN2S. The molecule has 0 fully saturated rings. The lowest BCUT2D eigenvalue weighted by Gasteiger charge is -2.00. The summed E-state index contributed by atoms with van der Waals surface area (Å²) in [6, 6.07) is 8.44. The number of hydrogen-bond donors (Lipinski definition) is 0. The van der Waals surface area contributed by atoms with Gasteiger partial charge in [0.05, 0.1) is 10.6 Å². The van der Waals surface area contributed by atoms with Crippen LogP contribution in [0.4, 0.5) is 0 Å². The van der Waals surface area contributed by atoms with Crippen molar-refractivity contribution in [2.45, 2.75) is 20.3 Å². The molecule has 0 saturated heterocycles. The number of imidazole rings is 1. The van der Waals surface area contributed by atoms with Crippen molar-refractivity contribution < 1.29 is 0 Å². The van der Waals surface area contributed by atoms with E-state index in [4.69, 9.17) is 0 Å². The number of nitrogens with zero attached hydrogens (tertiary/aromatic N) is 2. The van der Waals surface area contributed by atoms with E-state index >= 15 is 0 Å². The molecule has 0 aliphatic heterocycles. The molecule has 0 radical (unpaired) electrons. The van der Waals surface area contributed by atoms with E-state index in [-0.39, 0.29) is 0 Å². The molecule has 0 spiro atoms. The summed E-state index contributed by atoms with van der Waals surface area (Å²) in [5, 5.41) is 0. The van der Waals surface area contributed by atoms with Gasteiger partial charge in [-0.05, 0) is 53.5 Å². The molecule has 3 heterocycles. The maximum Gasteiger partial charge on any atom is 0.137 e. The number of rotatable bonds is 2. The highest BCUT2D eigenvalue weighted by atomic mass is 79.9. The molecule has 3 aromatic heterocycles. The van der Waals surface area contributed by atoms with Crippen molar-refractivity contribution in [2.24, 2.45) is 0 Å². The molecule has 4 heteroatoms. The van der Waals surface area contributed by atoms with E-state index in [1.165, 1.54) is 15.4 Å². The Hall–Kier alpha value is -1.13. The summed E-state index contributed by atoms with van der Waals surface area (Å²) in [5.41, 5.74) is 3.23. The normalized spacial score (nSPS) is 11.3. The van der Waals surface area contributed by atoms with Crippen LogP contribution in [0, 0.1) is 6.92 Å². The van der Waals surface area contributed by atoms with Crippen LogP contribution in [0.15, 0.2) is 34.9 Å². The van der Waals surface area contributed by atoms with Gasteiger partial charge in [-0.15, -0.1) is 11.3 Å². The van der Waals surface area contributed by atoms with Gasteiger partial charge in [-0.25, -0.2) is 4.98 Å². The molecule has 18 heavy (non-hydrogen) atoms. The predicted octanol–water partition coefficient (Wildman–Crippen LogP) is 4.70. The van der Waals surface area contributed by atoms with Gasteiger partial charge in [-0.1, -0.05) is 6.92 Å². The van der Waals surface area contributed by atoms with E-state index in [1.54, 1.807) is 0 Å². The first-order valence-electron chi connectivity index (χ1n) is 5.92. The summed E-state index contributed by atoms with van der Waals surface area (Å²) < 4.78 is 3.24. The van der Waals surface area contributed by atoms with Gasteiger partial charge in [0.1, 0.15) is 5.65 Å². The number of aromatic nitrogens is 2. The second-order valence-electron chi connectivity index (χ2n) is 4.24. The zero-order valence-corrected chi connectivity index (χ0v) is 12.7. The second-order valence-corrected chi connectivity index (χ2v) is 6.26. The lowest BCUT2D eigenvalue weighted by Crippen LogP contribution is -1.89. The van der Waals surface area contributed by atoms with E-state index in [9.17, 15) is 0 Å². The van der Waals surface area contributed by atoms with E-state index in [2.05, 4.69) is 57.5 Å². The van der Waals surface area contributed by atoms with Crippen molar-refractivity contribution in [2.75, 3.05) is 0 Å². The van der Waals surface area contributed by atoms with Crippen molar-refractivity contribution in [3.63, 3.8) is 0 Å². The molecular weight excluding hydrogens is 308 g/mol. The van der Waals surface area contributed by atoms with Crippen molar-refractivity contribution >= 4 is 32.9 Å². The fraction of sp³-hybridized carbons (Fsp3) is 0.214. The van der Waals surface area contributed by atoms with E-state index in [0.29, 0.717) is 0 Å². The minimum Gasteiger partial charge on any atom is -0.303 e. The smallest absolute Gasteiger partial charge is 0.137 e. The Balaban J connectivity index is 2.16. The Morgan fingerprint density at radius 2 is 2.11 bits per heavy atom. The molecule has 0 bridgehead atoms. The fourth-order valence-corrected chi connectivity index (χ4v) is 3.21. The summed E-state index contributed by atoms with van der Waals surface area (Å²) >= 11 is 5.37. The summed E-state index contributed by atoms with van der Waals surface area (Å²) in [6.45, 7) is 4.27. The molecule has 92 valence electrons. The molecule has 0 aromatic carbocycles. The van der Waals surface area contributed by atoms with Crippen LogP contribution < -0.4 is 0 Å². The van der Waals surface area contributed by atoms with Crippen LogP contribution in [0.1, 0.15) is 17.5 Å². The second kappa shape index (κ2) is 4.52. The van der Waals surface area contributed by atoms with Gasteiger partial charge in [0.2, 0.25) is 0 Å². The SMILES string of the molecule is CCc1ccc(-c2cn3c(C)c(Br)ccc3n2)s1. The molecule has 0 aliphatic carbocycles. The molecule has 3 aromatic rings. The van der Waals surface area contributed by atoms with Gasteiger partial charge in [0, 0.05) is 21.2 Å². The van der Waals surface area contributed by atoms with Crippen LogP contribution in [0.3, 0.4) is 0 Å². The highest BCUT2D eigenvalue weighted by Gasteiger charge is 2.09. The number of pyridine rings is 1. The number of fused-ring (bicyclic) bond motifs is 1. The van der Waals surface area contributed by atoms with Crippen LogP contribution in [0.5, 0.6) is 0 Å². The van der Waals surface area contributed by atoms with Gasteiger partial charge in [0.25, 0.3) is 0 Å². The first-order chi connectivity index (χ1) is 8.69. The van der Waals surface area contributed by atoms with Gasteiger partial charge < -0.3 is 4.40 Å². The monoisotopic (exact) mass is 320 g/mol. The largest absolute Gasteiger partial charge is 0.303 e. The average molecular weight is 321 g/mol. The zero-order chi connectivity index (χ0) is 12.7. The Morgan fingerprint density at radius 1 is 1.28 bits per heavy atom. The van der Waals surface area contributed by atoms with Crippen molar-refractivity contribution in [1.82, 2.24) is 9.38 Å². The summed E-state index contributed by atoms with van der Waals surface area (Å²) in [5.74, 6) is 0. The minimum atomic E-state index is 0.997. The van der Waals surface area contributed by atoms with Gasteiger partial charge in [-0.2, -0.15) is 0 Å². The third-order valence-corrected chi connectivity index (χ3v) is 5.17. The zero-order valence-electron chi connectivity index (χ0n) is 10.3. The lowest BCUT2D eigenvalue weighted by molar-refractivity contribution is 1.08. The molecule has 0 atom stereocenters. The Kier molecular flexibility index (Phi) is 2.99. The summed E-state index contributed by atoms with van der Waals surface area (Å²) in [4.78, 5) is 7.33. The van der Waals surface area contributed by atoms with Gasteiger partial charge in [-0.3, -0.25) is 0 Å². The molecule has 0 amide bonds. The maximum atomic E-state index is 4.69. The van der Waals surface area contributed by atoms with E-state index < -0.39 is 0 Å². The third-order valence-electron chi connectivity index (χ3n) is 3.08.